The number of ether oxygens (including phenoxy) is 1. The standard InChI is InChI=1S/C15H17N3O2S/c1-3-20-15(19)9(2)17-13-8-11(14(16)21)10-6-4-5-7-12(10)18-13/h4-9H,3H2,1-2H3,(H2,16,21)(H,17,18). The van der Waals surface area contributed by atoms with Crippen molar-refractivity contribution in [2.24, 2.45) is 5.73 Å². The molecule has 1 atom stereocenters. The number of aromatic nitrogens is 1. The highest BCUT2D eigenvalue weighted by atomic mass is 32.1. The van der Waals surface area contributed by atoms with Crippen LogP contribution in [0.3, 0.4) is 0 Å². The summed E-state index contributed by atoms with van der Waals surface area (Å²) in [5, 5.41) is 3.90. The van der Waals surface area contributed by atoms with Gasteiger partial charge in [0.05, 0.1) is 12.1 Å². The Labute approximate surface area is 128 Å². The van der Waals surface area contributed by atoms with E-state index in [4.69, 9.17) is 22.7 Å². The van der Waals surface area contributed by atoms with Crippen LogP contribution in [0.25, 0.3) is 10.9 Å². The van der Waals surface area contributed by atoms with E-state index in [2.05, 4.69) is 10.3 Å². The maximum Gasteiger partial charge on any atom is 0.328 e. The van der Waals surface area contributed by atoms with Crippen molar-refractivity contribution in [3.05, 3.63) is 35.9 Å². The van der Waals surface area contributed by atoms with Gasteiger partial charge in [0.2, 0.25) is 0 Å². The van der Waals surface area contributed by atoms with E-state index in [1.54, 1.807) is 19.9 Å². The minimum atomic E-state index is -0.502. The number of nitrogens with two attached hydrogens (primary N) is 1. The fourth-order valence-electron chi connectivity index (χ4n) is 2.00. The third-order valence-electron chi connectivity index (χ3n) is 2.99. The van der Waals surface area contributed by atoms with Gasteiger partial charge < -0.3 is 15.8 Å². The number of nitrogens with one attached hydrogen (secondary N) is 1. The van der Waals surface area contributed by atoms with Crippen LogP contribution >= 0.6 is 12.2 Å². The number of hydrogen-bond donors (Lipinski definition) is 2. The summed E-state index contributed by atoms with van der Waals surface area (Å²) in [6.07, 6.45) is 0. The molecular formula is C15H17N3O2S. The molecule has 0 fully saturated rings. The highest BCUT2D eigenvalue weighted by molar-refractivity contribution is 7.80. The van der Waals surface area contributed by atoms with E-state index in [0.29, 0.717) is 17.4 Å². The second-order valence-electron chi connectivity index (χ2n) is 4.55. The Bertz CT molecular complexity index is 688. The number of fused-ring (bicyclic) bond motifs is 1. The van der Waals surface area contributed by atoms with Gasteiger partial charge in [0, 0.05) is 10.9 Å². The first kappa shape index (κ1) is 15.2. The van der Waals surface area contributed by atoms with Crippen LogP contribution in [0.4, 0.5) is 5.82 Å². The summed E-state index contributed by atoms with van der Waals surface area (Å²) in [4.78, 5) is 16.4. The lowest BCUT2D eigenvalue weighted by atomic mass is 10.1. The van der Waals surface area contributed by atoms with E-state index in [1.807, 2.05) is 24.3 Å². The van der Waals surface area contributed by atoms with Gasteiger partial charge in [0.25, 0.3) is 0 Å². The van der Waals surface area contributed by atoms with Gasteiger partial charge in [-0.15, -0.1) is 0 Å². The number of anilines is 1. The van der Waals surface area contributed by atoms with E-state index in [1.165, 1.54) is 0 Å². The molecule has 21 heavy (non-hydrogen) atoms. The molecule has 0 amide bonds. The Morgan fingerprint density at radius 3 is 2.86 bits per heavy atom. The van der Waals surface area contributed by atoms with Gasteiger partial charge in [0.15, 0.2) is 0 Å². The molecule has 2 rings (SSSR count). The highest BCUT2D eigenvalue weighted by Gasteiger charge is 2.15. The number of rotatable bonds is 5. The number of pyridine rings is 1. The smallest absolute Gasteiger partial charge is 0.328 e. The van der Waals surface area contributed by atoms with Gasteiger partial charge in [-0.3, -0.25) is 0 Å². The quantitative estimate of drug-likeness (QED) is 0.651. The topological polar surface area (TPSA) is 77.2 Å². The predicted octanol–water partition coefficient (Wildman–Crippen LogP) is 2.23. The van der Waals surface area contributed by atoms with Gasteiger partial charge in [-0.05, 0) is 26.0 Å². The molecule has 0 aliphatic rings. The maximum atomic E-state index is 11.7. The number of carbonyl (C=O) groups is 1. The highest BCUT2D eigenvalue weighted by Crippen LogP contribution is 2.21. The summed E-state index contributed by atoms with van der Waals surface area (Å²) in [6, 6.07) is 8.82. The normalized spacial score (nSPS) is 11.9. The molecule has 110 valence electrons. The lowest BCUT2D eigenvalue weighted by Gasteiger charge is -2.15. The predicted molar refractivity (Wildman–Crippen MR) is 87.3 cm³/mol. The van der Waals surface area contributed by atoms with Crippen molar-refractivity contribution < 1.29 is 9.53 Å². The molecule has 1 heterocycles. The van der Waals surface area contributed by atoms with E-state index >= 15 is 0 Å². The van der Waals surface area contributed by atoms with Crippen molar-refractivity contribution in [3.8, 4) is 0 Å². The maximum absolute atomic E-state index is 11.7. The number of carbonyl (C=O) groups excluding carboxylic acids is 1. The van der Waals surface area contributed by atoms with E-state index in [0.717, 1.165) is 16.5 Å². The van der Waals surface area contributed by atoms with Crippen molar-refractivity contribution in [2.45, 2.75) is 19.9 Å². The van der Waals surface area contributed by atoms with E-state index in [9.17, 15) is 4.79 Å². The molecule has 0 bridgehead atoms. The molecule has 0 aliphatic heterocycles. The molecule has 0 saturated carbocycles. The van der Waals surface area contributed by atoms with Crippen molar-refractivity contribution in [3.63, 3.8) is 0 Å². The Balaban J connectivity index is 2.37. The molecule has 2 aromatic rings. The van der Waals surface area contributed by atoms with Crippen LogP contribution in [0.1, 0.15) is 19.4 Å². The SMILES string of the molecule is CCOC(=O)C(C)Nc1cc(C(N)=S)c2ccccc2n1. The first-order chi connectivity index (χ1) is 10.0. The monoisotopic (exact) mass is 303 g/mol. The summed E-state index contributed by atoms with van der Waals surface area (Å²) < 4.78 is 4.96. The fourth-order valence-corrected chi connectivity index (χ4v) is 2.17. The summed E-state index contributed by atoms with van der Waals surface area (Å²) >= 11 is 5.09. The third-order valence-corrected chi connectivity index (χ3v) is 3.21. The number of nitrogens with zero attached hydrogens (tertiary/aromatic N) is 1. The summed E-state index contributed by atoms with van der Waals surface area (Å²) in [5.74, 6) is 0.210. The lowest BCUT2D eigenvalue weighted by Crippen LogP contribution is -2.28. The second-order valence-corrected chi connectivity index (χ2v) is 4.99. The van der Waals surface area contributed by atoms with Crippen molar-refractivity contribution in [1.29, 1.82) is 0 Å². The van der Waals surface area contributed by atoms with Crippen LogP contribution in [-0.4, -0.2) is 28.6 Å². The molecule has 0 radical (unpaired) electrons. The second kappa shape index (κ2) is 6.49. The Morgan fingerprint density at radius 1 is 1.48 bits per heavy atom. The van der Waals surface area contributed by atoms with Crippen LogP contribution in [0, 0.1) is 0 Å². The first-order valence-corrected chi connectivity index (χ1v) is 7.06. The largest absolute Gasteiger partial charge is 0.464 e. The zero-order valence-electron chi connectivity index (χ0n) is 11.9. The third kappa shape index (κ3) is 3.46. The fraction of sp³-hybridized carbons (Fsp3) is 0.267. The number of thiocarbonyl (C=S) groups is 1. The summed E-state index contributed by atoms with van der Waals surface area (Å²) in [5.41, 5.74) is 7.27. The Hall–Kier alpha value is -2.21. The Morgan fingerprint density at radius 2 is 2.19 bits per heavy atom. The average Bonchev–Trinajstić information content (AvgIpc) is 2.46. The number of benzene rings is 1. The molecule has 3 N–H and O–H groups in total. The molecule has 1 unspecified atom stereocenters. The number of para-hydroxylation sites is 1. The van der Waals surface area contributed by atoms with Crippen molar-refractivity contribution in [1.82, 2.24) is 4.98 Å². The molecule has 0 saturated heterocycles. The van der Waals surface area contributed by atoms with Crippen LogP contribution in [-0.2, 0) is 9.53 Å². The minimum absolute atomic E-state index is 0.292. The van der Waals surface area contributed by atoms with Gasteiger partial charge in [0.1, 0.15) is 16.8 Å². The van der Waals surface area contributed by atoms with Gasteiger partial charge in [-0.1, -0.05) is 30.4 Å². The van der Waals surface area contributed by atoms with Crippen molar-refractivity contribution >= 4 is 39.9 Å². The summed E-state index contributed by atoms with van der Waals surface area (Å²) in [7, 11) is 0. The first-order valence-electron chi connectivity index (χ1n) is 6.65. The molecule has 1 aromatic heterocycles. The molecular weight excluding hydrogens is 286 g/mol. The van der Waals surface area contributed by atoms with Crippen molar-refractivity contribution in [2.75, 3.05) is 11.9 Å². The van der Waals surface area contributed by atoms with E-state index < -0.39 is 6.04 Å². The van der Waals surface area contributed by atoms with Crippen LogP contribution in [0.2, 0.25) is 0 Å². The molecule has 1 aromatic carbocycles. The van der Waals surface area contributed by atoms with Gasteiger partial charge in [-0.2, -0.15) is 0 Å². The molecule has 0 spiro atoms. The minimum Gasteiger partial charge on any atom is -0.464 e. The molecule has 5 nitrogen and oxygen atoms in total. The van der Waals surface area contributed by atoms with Crippen LogP contribution in [0.15, 0.2) is 30.3 Å². The number of hydrogen-bond acceptors (Lipinski definition) is 5. The van der Waals surface area contributed by atoms with Gasteiger partial charge in [-0.25, -0.2) is 9.78 Å². The summed E-state index contributed by atoms with van der Waals surface area (Å²) in [6.45, 7) is 3.83. The zero-order chi connectivity index (χ0) is 15.4. The molecule has 0 aliphatic carbocycles. The van der Waals surface area contributed by atoms with Crippen LogP contribution in [0.5, 0.6) is 0 Å². The number of esters is 1. The van der Waals surface area contributed by atoms with Gasteiger partial charge >= 0.3 is 5.97 Å². The van der Waals surface area contributed by atoms with E-state index in [-0.39, 0.29) is 5.97 Å². The Kier molecular flexibility index (Phi) is 4.70. The average molecular weight is 303 g/mol. The zero-order valence-corrected chi connectivity index (χ0v) is 12.7. The lowest BCUT2D eigenvalue weighted by molar-refractivity contribution is -0.143. The van der Waals surface area contributed by atoms with Crippen LogP contribution < -0.4 is 11.1 Å². The molecule has 6 heteroatoms.